The molecule has 0 saturated carbocycles. The molecule has 61 heavy (non-hydrogen) atoms. The summed E-state index contributed by atoms with van der Waals surface area (Å²) < 4.78 is 6.45. The summed E-state index contributed by atoms with van der Waals surface area (Å²) in [5, 5.41) is 2.28. The average Bonchev–Trinajstić information content (AvgIpc) is 3.81. The molecule has 10 aromatic rings. The molecule has 0 spiro atoms. The van der Waals surface area contributed by atoms with Gasteiger partial charge in [0.2, 0.25) is 0 Å². The lowest BCUT2D eigenvalue weighted by Crippen LogP contribution is -2.61. The topological polar surface area (TPSA) is 19.6 Å². The molecule has 286 valence electrons. The van der Waals surface area contributed by atoms with Gasteiger partial charge < -0.3 is 14.2 Å². The number of benzene rings is 9. The molecule has 0 unspecified atom stereocenters. The monoisotopic (exact) mass is 778 g/mol. The Balaban J connectivity index is 0.930. The van der Waals surface area contributed by atoms with E-state index in [1.165, 1.54) is 72.5 Å². The molecule has 0 radical (unpaired) electrons. The Labute approximate surface area is 355 Å². The number of para-hydroxylation sites is 4. The van der Waals surface area contributed by atoms with E-state index in [1.807, 2.05) is 12.1 Å². The van der Waals surface area contributed by atoms with E-state index < -0.39 is 0 Å². The van der Waals surface area contributed by atoms with Crippen molar-refractivity contribution >= 4 is 79.2 Å². The van der Waals surface area contributed by atoms with Crippen molar-refractivity contribution in [2.24, 2.45) is 0 Å². The quantitative estimate of drug-likeness (QED) is 0.166. The summed E-state index contributed by atoms with van der Waals surface area (Å²) >= 11 is 0. The van der Waals surface area contributed by atoms with Gasteiger partial charge in [-0.15, -0.1) is 0 Å². The van der Waals surface area contributed by atoms with Crippen molar-refractivity contribution in [3.05, 3.63) is 211 Å². The van der Waals surface area contributed by atoms with E-state index in [0.29, 0.717) is 0 Å². The van der Waals surface area contributed by atoms with Gasteiger partial charge in [-0.1, -0.05) is 159 Å². The van der Waals surface area contributed by atoms with Crippen LogP contribution in [0.5, 0.6) is 0 Å². The first-order chi connectivity index (χ1) is 30.0. The fourth-order valence-electron chi connectivity index (χ4n) is 11.0. The maximum atomic E-state index is 6.45. The van der Waals surface area contributed by atoms with Crippen molar-refractivity contribution in [2.75, 3.05) is 9.80 Å². The summed E-state index contributed by atoms with van der Waals surface area (Å²) in [4.78, 5) is 4.94. The number of rotatable bonds is 4. The molecule has 1 aliphatic carbocycles. The molecule has 9 aromatic carbocycles. The molecular weight excluding hydrogens is 739 g/mol. The second-order valence-electron chi connectivity index (χ2n) is 17.2. The van der Waals surface area contributed by atoms with Gasteiger partial charge in [0.1, 0.15) is 11.2 Å². The van der Waals surface area contributed by atoms with Crippen molar-refractivity contribution in [1.29, 1.82) is 0 Å². The molecule has 0 N–H and O–H groups in total. The molecule has 13 rings (SSSR count). The van der Waals surface area contributed by atoms with Crippen molar-refractivity contribution in [1.82, 2.24) is 0 Å². The molecular formula is C57H39BN2O. The van der Waals surface area contributed by atoms with Gasteiger partial charge in [-0.05, 0) is 110 Å². The predicted molar refractivity (Wildman–Crippen MR) is 256 cm³/mol. The highest BCUT2D eigenvalue weighted by atomic mass is 16.3. The number of furan rings is 1. The maximum Gasteiger partial charge on any atom is 0.252 e. The SMILES string of the molecule is CC1(C)c2ccccc2-c2cccc(-c3ccc(N4c5ccccc5B5c6ccccc6N(c6ccc(-c7cccc8c7oc7ccccc78)cc6)c6cccc4c65)cc3)c21. The largest absolute Gasteiger partial charge is 0.455 e. The molecule has 0 amide bonds. The Hall–Kier alpha value is -7.56. The van der Waals surface area contributed by atoms with Crippen LogP contribution in [0, 0.1) is 0 Å². The average molecular weight is 779 g/mol. The van der Waals surface area contributed by atoms with Crippen molar-refractivity contribution in [2.45, 2.75) is 19.3 Å². The Kier molecular flexibility index (Phi) is 7.16. The van der Waals surface area contributed by atoms with Crippen LogP contribution in [0.25, 0.3) is 55.3 Å². The predicted octanol–water partition coefficient (Wildman–Crippen LogP) is 13.3. The fraction of sp³-hybridized carbons (Fsp3) is 0.0526. The molecule has 1 aromatic heterocycles. The minimum Gasteiger partial charge on any atom is -0.455 e. The van der Waals surface area contributed by atoms with Gasteiger partial charge >= 0.3 is 0 Å². The number of hydrogen-bond acceptors (Lipinski definition) is 3. The molecule has 0 bridgehead atoms. The highest BCUT2D eigenvalue weighted by Gasteiger charge is 2.43. The van der Waals surface area contributed by atoms with Gasteiger partial charge in [-0.25, -0.2) is 0 Å². The summed E-state index contributed by atoms with van der Waals surface area (Å²) in [6.45, 7) is 4.83. The van der Waals surface area contributed by atoms with E-state index in [9.17, 15) is 0 Å². The molecule has 0 fully saturated rings. The zero-order valence-corrected chi connectivity index (χ0v) is 33.9. The van der Waals surface area contributed by atoms with Gasteiger partial charge in [-0.3, -0.25) is 0 Å². The first-order valence-corrected chi connectivity index (χ1v) is 21.3. The van der Waals surface area contributed by atoms with Crippen LogP contribution < -0.4 is 26.2 Å². The van der Waals surface area contributed by atoms with E-state index in [-0.39, 0.29) is 12.1 Å². The lowest BCUT2D eigenvalue weighted by Gasteiger charge is -2.44. The second-order valence-corrected chi connectivity index (χ2v) is 17.2. The van der Waals surface area contributed by atoms with Crippen LogP contribution in [0.3, 0.4) is 0 Å². The zero-order chi connectivity index (χ0) is 40.4. The maximum absolute atomic E-state index is 6.45. The van der Waals surface area contributed by atoms with Crippen LogP contribution in [0.4, 0.5) is 34.1 Å². The Morgan fingerprint density at radius 1 is 0.410 bits per heavy atom. The van der Waals surface area contributed by atoms with E-state index in [4.69, 9.17) is 4.42 Å². The summed E-state index contributed by atoms with van der Waals surface area (Å²) in [7, 11) is 0. The lowest BCUT2D eigenvalue weighted by atomic mass is 9.33. The van der Waals surface area contributed by atoms with Gasteiger partial charge in [0.05, 0.1) is 0 Å². The van der Waals surface area contributed by atoms with Gasteiger partial charge in [-0.2, -0.15) is 0 Å². The molecule has 4 heteroatoms. The summed E-state index contributed by atoms with van der Waals surface area (Å²) in [5.74, 6) is 0. The minimum atomic E-state index is -0.0871. The smallest absolute Gasteiger partial charge is 0.252 e. The van der Waals surface area contributed by atoms with E-state index >= 15 is 0 Å². The Morgan fingerprint density at radius 2 is 0.902 bits per heavy atom. The molecule has 3 aliphatic rings. The Morgan fingerprint density at radius 3 is 1.61 bits per heavy atom. The highest BCUT2D eigenvalue weighted by Crippen LogP contribution is 2.52. The van der Waals surface area contributed by atoms with Crippen molar-refractivity contribution in [3.63, 3.8) is 0 Å². The van der Waals surface area contributed by atoms with Crippen LogP contribution in [0.2, 0.25) is 0 Å². The van der Waals surface area contributed by atoms with Crippen LogP contribution >= 0.6 is 0 Å². The van der Waals surface area contributed by atoms with Crippen LogP contribution in [0.15, 0.2) is 205 Å². The summed E-state index contributed by atoms with van der Waals surface area (Å²) in [6.07, 6.45) is 0. The summed E-state index contributed by atoms with van der Waals surface area (Å²) in [5.41, 5.74) is 23.0. The third kappa shape index (κ3) is 4.82. The summed E-state index contributed by atoms with van der Waals surface area (Å²) in [6, 6.07) is 73.5. The highest BCUT2D eigenvalue weighted by molar-refractivity contribution is 7.00. The minimum absolute atomic E-state index is 0.0871. The third-order valence-electron chi connectivity index (χ3n) is 13.7. The first-order valence-electron chi connectivity index (χ1n) is 21.3. The lowest BCUT2D eigenvalue weighted by molar-refractivity contribution is 0.662. The van der Waals surface area contributed by atoms with Gasteiger partial charge in [0.25, 0.3) is 6.71 Å². The normalized spacial score (nSPS) is 14.1. The van der Waals surface area contributed by atoms with Crippen LogP contribution in [-0.4, -0.2) is 6.71 Å². The molecule has 0 atom stereocenters. The van der Waals surface area contributed by atoms with Gasteiger partial charge in [0.15, 0.2) is 0 Å². The van der Waals surface area contributed by atoms with E-state index in [1.54, 1.807) is 0 Å². The van der Waals surface area contributed by atoms with E-state index in [2.05, 4.69) is 212 Å². The number of fused-ring (bicyclic) bond motifs is 10. The fourth-order valence-corrected chi connectivity index (χ4v) is 11.0. The molecule has 0 saturated heterocycles. The standard InChI is InChI=1S/C57H39BN2O/c1-57(2)46-20-5-3-14-42(46)44-18-11-16-40(54(44)57)36-28-32-38(33-29-36)59-49-23-8-6-21-47(49)58-48-22-7-9-24-50(48)60(52-26-13-25-51(59)55(52)58)39-34-30-37(31-35-39)41-17-12-19-45-43-15-4-10-27-53(43)61-56(41)45/h3-35H,1-2H3. The second kappa shape index (κ2) is 12.7. The zero-order valence-electron chi connectivity index (χ0n) is 33.9. The van der Waals surface area contributed by atoms with Crippen molar-refractivity contribution < 1.29 is 4.42 Å². The van der Waals surface area contributed by atoms with Crippen LogP contribution in [0.1, 0.15) is 25.0 Å². The molecule has 3 nitrogen and oxygen atoms in total. The third-order valence-corrected chi connectivity index (χ3v) is 13.7. The van der Waals surface area contributed by atoms with Gasteiger partial charge in [0, 0.05) is 55.9 Å². The van der Waals surface area contributed by atoms with E-state index in [0.717, 1.165) is 44.4 Å². The molecule has 3 heterocycles. The first kappa shape index (κ1) is 34.3. The van der Waals surface area contributed by atoms with Crippen molar-refractivity contribution in [3.8, 4) is 33.4 Å². The number of anilines is 6. The number of nitrogens with zero attached hydrogens (tertiary/aromatic N) is 2. The Bertz CT molecular complexity index is 3420. The number of hydrogen-bond donors (Lipinski definition) is 0. The molecule has 2 aliphatic heterocycles. The van der Waals surface area contributed by atoms with Crippen LogP contribution in [-0.2, 0) is 5.41 Å².